The van der Waals surface area contributed by atoms with Crippen LogP contribution in [0.4, 0.5) is 0 Å². The number of hydrogen-bond acceptors (Lipinski definition) is 2. The highest BCUT2D eigenvalue weighted by Gasteiger charge is 2.39. The maximum atomic E-state index is 10.0. The molecule has 0 aliphatic heterocycles. The molecule has 162 valence electrons. The van der Waals surface area contributed by atoms with Gasteiger partial charge in [0.1, 0.15) is 11.5 Å². The van der Waals surface area contributed by atoms with Crippen molar-refractivity contribution in [3.63, 3.8) is 0 Å². The number of phenols is 2. The summed E-state index contributed by atoms with van der Waals surface area (Å²) in [6.07, 6.45) is 3.17. The molecular weight excluding hydrogens is 416 g/mol. The number of benzene rings is 6. The van der Waals surface area contributed by atoms with Crippen LogP contribution in [0.1, 0.15) is 23.1 Å². The quantitative estimate of drug-likeness (QED) is 0.231. The maximum absolute atomic E-state index is 10.0. The van der Waals surface area contributed by atoms with Crippen LogP contribution in [0.5, 0.6) is 11.5 Å². The second kappa shape index (κ2) is 6.85. The fourth-order valence-electron chi connectivity index (χ4n) is 6.13. The van der Waals surface area contributed by atoms with Crippen LogP contribution in [0.3, 0.4) is 0 Å². The highest BCUT2D eigenvalue weighted by molar-refractivity contribution is 6.22. The normalized spacial score (nSPS) is 14.5. The summed E-state index contributed by atoms with van der Waals surface area (Å²) in [7, 11) is 0. The Kier molecular flexibility index (Phi) is 3.87. The second-order valence-electron chi connectivity index (χ2n) is 9.26. The fraction of sp³-hybridized carbons (Fsp3) is 0.0625. The molecule has 1 aliphatic rings. The Morgan fingerprint density at radius 1 is 0.529 bits per heavy atom. The third-order valence-corrected chi connectivity index (χ3v) is 7.61. The largest absolute Gasteiger partial charge is 0.508 e. The van der Waals surface area contributed by atoms with Crippen LogP contribution in [0.25, 0.3) is 38.4 Å². The first-order valence-electron chi connectivity index (χ1n) is 11.6. The van der Waals surface area contributed by atoms with E-state index in [-0.39, 0.29) is 11.5 Å². The number of phenolic OH excluding ortho intramolecular Hbond substituents is 2. The molecule has 1 aliphatic carbocycles. The van der Waals surface area contributed by atoms with Gasteiger partial charge in [0, 0.05) is 5.41 Å². The summed E-state index contributed by atoms with van der Waals surface area (Å²) >= 11 is 0. The SMILES string of the molecule is Oc1ccc(C2(c3ccc(O)cc3)CC=c3c4cccc5cccc(c6cccc2c36)c54)cc1. The van der Waals surface area contributed by atoms with Crippen molar-refractivity contribution in [2.45, 2.75) is 11.8 Å². The minimum absolute atomic E-state index is 0.257. The van der Waals surface area contributed by atoms with Gasteiger partial charge in [0.15, 0.2) is 0 Å². The van der Waals surface area contributed by atoms with E-state index in [2.05, 4.69) is 60.7 Å². The molecule has 0 amide bonds. The third kappa shape index (κ3) is 2.45. The van der Waals surface area contributed by atoms with E-state index in [0.29, 0.717) is 0 Å². The summed E-state index contributed by atoms with van der Waals surface area (Å²) < 4.78 is 0. The monoisotopic (exact) mass is 438 g/mol. The lowest BCUT2D eigenvalue weighted by Crippen LogP contribution is -2.33. The zero-order chi connectivity index (χ0) is 22.9. The van der Waals surface area contributed by atoms with Gasteiger partial charge in [-0.1, -0.05) is 84.9 Å². The van der Waals surface area contributed by atoms with Crippen molar-refractivity contribution in [1.29, 1.82) is 0 Å². The molecule has 6 aromatic carbocycles. The van der Waals surface area contributed by atoms with Crippen molar-refractivity contribution in [3.8, 4) is 11.5 Å². The molecule has 7 rings (SSSR count). The molecule has 0 unspecified atom stereocenters. The topological polar surface area (TPSA) is 40.5 Å². The van der Waals surface area contributed by atoms with Gasteiger partial charge in [-0.15, -0.1) is 0 Å². The van der Waals surface area contributed by atoms with Gasteiger partial charge in [-0.2, -0.15) is 0 Å². The lowest BCUT2D eigenvalue weighted by atomic mass is 9.64. The van der Waals surface area contributed by atoms with Crippen molar-refractivity contribution >= 4 is 38.4 Å². The molecule has 0 heterocycles. The van der Waals surface area contributed by atoms with E-state index in [4.69, 9.17) is 0 Å². The molecule has 0 fully saturated rings. The summed E-state index contributed by atoms with van der Waals surface area (Å²) in [5, 5.41) is 29.0. The molecular formula is C32H22O2. The minimum atomic E-state index is -0.434. The minimum Gasteiger partial charge on any atom is -0.508 e. The van der Waals surface area contributed by atoms with Crippen molar-refractivity contribution in [1.82, 2.24) is 0 Å². The Labute approximate surface area is 197 Å². The van der Waals surface area contributed by atoms with Crippen LogP contribution in [0, 0.1) is 0 Å². The van der Waals surface area contributed by atoms with Crippen LogP contribution < -0.4 is 5.22 Å². The zero-order valence-corrected chi connectivity index (χ0v) is 18.5. The van der Waals surface area contributed by atoms with Crippen molar-refractivity contribution in [3.05, 3.63) is 125 Å². The summed E-state index contributed by atoms with van der Waals surface area (Å²) in [5.74, 6) is 0.514. The number of fused-ring (bicyclic) bond motifs is 2. The molecule has 2 nitrogen and oxygen atoms in total. The van der Waals surface area contributed by atoms with E-state index >= 15 is 0 Å². The molecule has 0 saturated heterocycles. The van der Waals surface area contributed by atoms with E-state index in [1.807, 2.05) is 24.3 Å². The molecule has 0 bridgehead atoms. The molecule has 2 heteroatoms. The Morgan fingerprint density at radius 3 is 1.68 bits per heavy atom. The number of aromatic hydroxyl groups is 2. The van der Waals surface area contributed by atoms with Crippen LogP contribution in [0.15, 0.2) is 103 Å². The highest BCUT2D eigenvalue weighted by Crippen LogP contribution is 2.48. The van der Waals surface area contributed by atoms with Gasteiger partial charge in [0.25, 0.3) is 0 Å². The average Bonchev–Trinajstić information content (AvgIpc) is 2.88. The number of rotatable bonds is 2. The Morgan fingerprint density at radius 2 is 1.06 bits per heavy atom. The Bertz CT molecular complexity index is 1730. The van der Waals surface area contributed by atoms with E-state index in [1.165, 1.54) is 43.1 Å². The lowest BCUT2D eigenvalue weighted by Gasteiger charge is -2.38. The van der Waals surface area contributed by atoms with E-state index in [9.17, 15) is 10.2 Å². The van der Waals surface area contributed by atoms with Crippen LogP contribution in [-0.2, 0) is 5.41 Å². The fourth-order valence-corrected chi connectivity index (χ4v) is 6.13. The van der Waals surface area contributed by atoms with Crippen molar-refractivity contribution in [2.24, 2.45) is 0 Å². The van der Waals surface area contributed by atoms with E-state index in [0.717, 1.165) is 17.5 Å². The van der Waals surface area contributed by atoms with Gasteiger partial charge in [0.2, 0.25) is 0 Å². The maximum Gasteiger partial charge on any atom is 0.115 e. The molecule has 0 saturated carbocycles. The Balaban J connectivity index is 1.68. The first kappa shape index (κ1) is 19.2. The molecule has 6 aromatic rings. The zero-order valence-electron chi connectivity index (χ0n) is 18.5. The lowest BCUT2D eigenvalue weighted by molar-refractivity contribution is 0.474. The average molecular weight is 439 g/mol. The van der Waals surface area contributed by atoms with Gasteiger partial charge in [-0.05, 0) is 84.9 Å². The van der Waals surface area contributed by atoms with Crippen LogP contribution in [-0.4, -0.2) is 10.2 Å². The third-order valence-electron chi connectivity index (χ3n) is 7.61. The highest BCUT2D eigenvalue weighted by atomic mass is 16.3. The van der Waals surface area contributed by atoms with E-state index < -0.39 is 5.41 Å². The van der Waals surface area contributed by atoms with Gasteiger partial charge in [0.05, 0.1) is 0 Å². The molecule has 2 N–H and O–H groups in total. The standard InChI is InChI=1S/C32H22O2/c33-23-14-10-21(11-15-23)32(22-12-16-24(34)17-13-22)19-18-28-26-7-2-5-20-4-1-6-25(30(20)26)27-8-3-9-29(32)31(27)28/h1-18,33-34H,19H2. The molecule has 0 spiro atoms. The molecule has 0 aromatic heterocycles. The first-order chi connectivity index (χ1) is 16.7. The number of hydrogen-bond donors (Lipinski definition) is 2. The van der Waals surface area contributed by atoms with Gasteiger partial charge >= 0.3 is 0 Å². The van der Waals surface area contributed by atoms with Crippen molar-refractivity contribution < 1.29 is 10.2 Å². The van der Waals surface area contributed by atoms with Crippen molar-refractivity contribution in [2.75, 3.05) is 0 Å². The Hall–Kier alpha value is -4.30. The summed E-state index contributed by atoms with van der Waals surface area (Å²) in [6.45, 7) is 0. The summed E-state index contributed by atoms with van der Waals surface area (Å²) in [4.78, 5) is 0. The van der Waals surface area contributed by atoms with E-state index in [1.54, 1.807) is 24.3 Å². The summed E-state index contributed by atoms with van der Waals surface area (Å²) in [6, 6.07) is 35.0. The molecule has 0 atom stereocenters. The first-order valence-corrected chi connectivity index (χ1v) is 11.6. The van der Waals surface area contributed by atoms with Crippen LogP contribution >= 0.6 is 0 Å². The van der Waals surface area contributed by atoms with Gasteiger partial charge in [-0.3, -0.25) is 0 Å². The van der Waals surface area contributed by atoms with Gasteiger partial charge in [-0.25, -0.2) is 0 Å². The summed E-state index contributed by atoms with van der Waals surface area (Å²) in [5.41, 5.74) is 3.06. The second-order valence-corrected chi connectivity index (χ2v) is 9.26. The molecule has 34 heavy (non-hydrogen) atoms. The molecule has 0 radical (unpaired) electrons. The van der Waals surface area contributed by atoms with Crippen LogP contribution in [0.2, 0.25) is 0 Å². The predicted octanol–water partition coefficient (Wildman–Crippen LogP) is 6.79. The predicted molar refractivity (Wildman–Crippen MR) is 139 cm³/mol. The van der Waals surface area contributed by atoms with Gasteiger partial charge < -0.3 is 10.2 Å². The smallest absolute Gasteiger partial charge is 0.115 e.